The first-order chi connectivity index (χ1) is 10.3. The fraction of sp³-hybridized carbons (Fsp3) is 0.812. The molecule has 0 aliphatic heterocycles. The maximum absolute atomic E-state index is 11.8. The third kappa shape index (κ3) is 5.38. The third-order valence-corrected chi connectivity index (χ3v) is 4.73. The molecule has 0 N–H and O–H groups in total. The van der Waals surface area contributed by atoms with E-state index in [1.807, 2.05) is 13.8 Å². The molecule has 0 saturated heterocycles. The van der Waals surface area contributed by atoms with Crippen molar-refractivity contribution in [3.63, 3.8) is 0 Å². The topological polar surface area (TPSA) is 65.0 Å². The zero-order valence-corrected chi connectivity index (χ0v) is 15.4. The third-order valence-electron chi connectivity index (χ3n) is 4.23. The predicted octanol–water partition coefficient (Wildman–Crippen LogP) is 3.49. The molecule has 0 aromatic rings. The van der Waals surface area contributed by atoms with Crippen LogP contribution < -0.4 is 0 Å². The molecule has 0 aromatic heterocycles. The van der Waals surface area contributed by atoms with Gasteiger partial charge in [-0.25, -0.2) is 4.79 Å². The van der Waals surface area contributed by atoms with Crippen molar-refractivity contribution in [3.8, 4) is 0 Å². The largest absolute Gasteiger partial charge is 0.461 e. The Balaban J connectivity index is 2.79. The van der Waals surface area contributed by atoms with Gasteiger partial charge in [0.15, 0.2) is 0 Å². The Hall–Kier alpha value is -0.910. The van der Waals surface area contributed by atoms with Crippen molar-refractivity contribution in [1.82, 2.24) is 0 Å². The van der Waals surface area contributed by atoms with Crippen molar-refractivity contribution >= 4 is 33.4 Å². The fourth-order valence-electron chi connectivity index (χ4n) is 2.66. The number of esters is 1. The molecule has 0 bridgehead atoms. The molecule has 1 fully saturated rings. The molecule has 0 amide bonds. The molecule has 1 aliphatic carbocycles. The number of carbonyl (C=O) groups excluding carboxylic acids is 2. The lowest BCUT2D eigenvalue weighted by molar-refractivity contribution is -0.136. The van der Waals surface area contributed by atoms with Gasteiger partial charge in [0.05, 0.1) is 11.9 Å². The van der Waals surface area contributed by atoms with E-state index >= 15 is 0 Å². The van der Waals surface area contributed by atoms with E-state index in [4.69, 9.17) is 9.57 Å². The summed E-state index contributed by atoms with van der Waals surface area (Å²) < 4.78 is 4.86. The van der Waals surface area contributed by atoms with Gasteiger partial charge in [-0.1, -0.05) is 40.9 Å². The van der Waals surface area contributed by atoms with Crippen molar-refractivity contribution in [2.24, 2.45) is 17.0 Å². The lowest BCUT2D eigenvalue weighted by Crippen LogP contribution is -2.37. The molecule has 0 radical (unpaired) electrons. The summed E-state index contributed by atoms with van der Waals surface area (Å²) in [6, 6.07) is 0. The van der Waals surface area contributed by atoms with Gasteiger partial charge in [0.25, 0.3) is 0 Å². The van der Waals surface area contributed by atoms with Gasteiger partial charge in [-0.15, -0.1) is 0 Å². The van der Waals surface area contributed by atoms with Crippen LogP contribution in [0.3, 0.4) is 0 Å². The van der Waals surface area contributed by atoms with Gasteiger partial charge in [-0.2, -0.15) is 0 Å². The van der Waals surface area contributed by atoms with Gasteiger partial charge in [0.2, 0.25) is 11.5 Å². The van der Waals surface area contributed by atoms with Crippen LogP contribution in [-0.2, 0) is 19.2 Å². The quantitative estimate of drug-likeness (QED) is 0.224. The number of ether oxygens (including phenoxy) is 1. The van der Waals surface area contributed by atoms with Crippen molar-refractivity contribution in [3.05, 3.63) is 0 Å². The zero-order valence-electron chi connectivity index (χ0n) is 13.9. The number of rotatable bonds is 7. The van der Waals surface area contributed by atoms with E-state index in [2.05, 4.69) is 28.0 Å². The van der Waals surface area contributed by atoms with E-state index in [0.717, 1.165) is 18.8 Å². The first-order valence-electron chi connectivity index (χ1n) is 7.84. The summed E-state index contributed by atoms with van der Waals surface area (Å²) in [6.45, 7) is 8.05. The number of halogens is 1. The number of carbonyl (C=O) groups is 2. The molecule has 1 aliphatic rings. The Morgan fingerprint density at radius 2 is 1.82 bits per heavy atom. The summed E-state index contributed by atoms with van der Waals surface area (Å²) in [5.74, 6) is -0.0536. The molecule has 126 valence electrons. The molecule has 0 aromatic carbocycles. The van der Waals surface area contributed by atoms with Crippen molar-refractivity contribution in [1.29, 1.82) is 0 Å². The highest BCUT2D eigenvalue weighted by Gasteiger charge is 2.35. The average molecular weight is 376 g/mol. The molecule has 0 unspecified atom stereocenters. The summed E-state index contributed by atoms with van der Waals surface area (Å²) in [6.07, 6.45) is 4.49. The summed E-state index contributed by atoms with van der Waals surface area (Å²) in [5.41, 5.74) is -0.791. The second-order valence-corrected chi connectivity index (χ2v) is 6.93. The Kier molecular flexibility index (Phi) is 7.53. The number of ketones is 1. The van der Waals surface area contributed by atoms with Crippen LogP contribution in [0, 0.1) is 11.8 Å². The van der Waals surface area contributed by atoms with Gasteiger partial charge in [0.1, 0.15) is 5.60 Å². The summed E-state index contributed by atoms with van der Waals surface area (Å²) in [4.78, 5) is 29.2. The predicted molar refractivity (Wildman–Crippen MR) is 89.2 cm³/mol. The number of nitrogens with zero attached hydrogens (tertiary/aromatic N) is 1. The molecular formula is C16H26BrNO4. The van der Waals surface area contributed by atoms with E-state index in [9.17, 15) is 9.59 Å². The molecule has 22 heavy (non-hydrogen) atoms. The Morgan fingerprint density at radius 3 is 2.32 bits per heavy atom. The maximum atomic E-state index is 11.8. The van der Waals surface area contributed by atoms with Gasteiger partial charge in [-0.3, -0.25) is 4.79 Å². The number of alkyl halides is 1. The molecule has 1 saturated carbocycles. The number of hydrogen-bond acceptors (Lipinski definition) is 5. The van der Waals surface area contributed by atoms with E-state index in [0.29, 0.717) is 5.92 Å². The minimum atomic E-state index is -0.736. The van der Waals surface area contributed by atoms with Gasteiger partial charge in [0, 0.05) is 5.92 Å². The van der Waals surface area contributed by atoms with E-state index in [1.165, 1.54) is 12.8 Å². The van der Waals surface area contributed by atoms with Crippen molar-refractivity contribution < 1.29 is 19.2 Å². The van der Waals surface area contributed by atoms with Crippen LogP contribution in [0.25, 0.3) is 0 Å². The van der Waals surface area contributed by atoms with Crippen LogP contribution in [0.2, 0.25) is 0 Å². The van der Waals surface area contributed by atoms with Crippen LogP contribution >= 0.6 is 15.9 Å². The summed E-state index contributed by atoms with van der Waals surface area (Å²) in [7, 11) is 0. The lowest BCUT2D eigenvalue weighted by atomic mass is 9.75. The monoisotopic (exact) mass is 375 g/mol. The van der Waals surface area contributed by atoms with Crippen LogP contribution in [0.5, 0.6) is 0 Å². The van der Waals surface area contributed by atoms with Crippen molar-refractivity contribution in [2.45, 2.75) is 59.0 Å². The molecular weight excluding hydrogens is 350 g/mol. The highest BCUT2D eigenvalue weighted by atomic mass is 79.9. The first-order valence-corrected chi connectivity index (χ1v) is 8.96. The molecule has 0 atom stereocenters. The van der Waals surface area contributed by atoms with Crippen LogP contribution in [-0.4, -0.2) is 35.0 Å². The SMILES string of the molecule is CCOC(=O)/C(=N/OC(C)(C)C1CCC(C)CC1)C(=O)CBr. The summed E-state index contributed by atoms with van der Waals surface area (Å²) in [5, 5.41) is 3.85. The second kappa shape index (κ2) is 8.65. The lowest BCUT2D eigenvalue weighted by Gasteiger charge is -2.36. The highest BCUT2D eigenvalue weighted by molar-refractivity contribution is 9.09. The minimum absolute atomic E-state index is 0.00931. The summed E-state index contributed by atoms with van der Waals surface area (Å²) >= 11 is 3.04. The minimum Gasteiger partial charge on any atom is -0.461 e. The normalized spacial score (nSPS) is 23.0. The van der Waals surface area contributed by atoms with Crippen molar-refractivity contribution in [2.75, 3.05) is 11.9 Å². The highest BCUT2D eigenvalue weighted by Crippen LogP contribution is 2.37. The molecule has 5 nitrogen and oxygen atoms in total. The Bertz CT molecular complexity index is 426. The van der Waals surface area contributed by atoms with E-state index in [-0.39, 0.29) is 17.6 Å². The smallest absolute Gasteiger partial charge is 0.364 e. The van der Waals surface area contributed by atoms with Gasteiger partial charge < -0.3 is 9.57 Å². The first kappa shape index (κ1) is 19.1. The van der Waals surface area contributed by atoms with Crippen LogP contribution in [0.1, 0.15) is 53.4 Å². The Morgan fingerprint density at radius 1 is 1.23 bits per heavy atom. The molecule has 0 heterocycles. The van der Waals surface area contributed by atoms with Gasteiger partial charge >= 0.3 is 5.97 Å². The van der Waals surface area contributed by atoms with E-state index in [1.54, 1.807) is 6.92 Å². The fourth-order valence-corrected chi connectivity index (χ4v) is 2.92. The zero-order chi connectivity index (χ0) is 16.8. The molecule has 6 heteroatoms. The Labute approximate surface area is 140 Å². The maximum Gasteiger partial charge on any atom is 0.364 e. The standard InChI is InChI=1S/C16H26BrNO4/c1-5-21-15(20)14(13(19)10-17)18-22-16(3,4)12-8-6-11(2)7-9-12/h11-12H,5-10H2,1-4H3/b18-14+. The number of Topliss-reactive ketones (excluding diaryl/α,β-unsaturated/α-hetero) is 1. The molecule has 0 spiro atoms. The van der Waals surface area contributed by atoms with Crippen LogP contribution in [0.15, 0.2) is 5.16 Å². The van der Waals surface area contributed by atoms with E-state index < -0.39 is 17.4 Å². The molecule has 1 rings (SSSR count). The number of oxime groups is 1. The average Bonchev–Trinajstić information content (AvgIpc) is 2.47. The van der Waals surface area contributed by atoms with Crippen LogP contribution in [0.4, 0.5) is 0 Å². The van der Waals surface area contributed by atoms with Gasteiger partial charge in [-0.05, 0) is 39.5 Å². The second-order valence-electron chi connectivity index (χ2n) is 6.37. The number of hydrogen-bond donors (Lipinski definition) is 0.